The van der Waals surface area contributed by atoms with Crippen LogP contribution in [0.4, 0.5) is 0 Å². The minimum Gasteiger partial charge on any atom is -0.452 e. The fourth-order valence-electron chi connectivity index (χ4n) is 2.52. The summed E-state index contributed by atoms with van der Waals surface area (Å²) in [5.41, 5.74) is 3.11. The molecule has 0 bridgehead atoms. The second kappa shape index (κ2) is 7.77. The van der Waals surface area contributed by atoms with Crippen LogP contribution >= 0.6 is 15.9 Å². The van der Waals surface area contributed by atoms with Gasteiger partial charge in [0.05, 0.1) is 17.4 Å². The van der Waals surface area contributed by atoms with E-state index in [1.54, 1.807) is 10.9 Å². The molecule has 0 amide bonds. The number of hydrogen-bond acceptors (Lipinski definition) is 6. The van der Waals surface area contributed by atoms with Gasteiger partial charge in [0.1, 0.15) is 0 Å². The average Bonchev–Trinajstić information content (AvgIpc) is 3.37. The van der Waals surface area contributed by atoms with Crippen molar-refractivity contribution in [2.45, 2.75) is 13.5 Å². The zero-order chi connectivity index (χ0) is 19.5. The number of ether oxygens (including phenoxy) is 1. The number of hydrogen-bond donors (Lipinski definition) is 0. The van der Waals surface area contributed by atoms with Gasteiger partial charge in [-0.2, -0.15) is 5.10 Å². The first kappa shape index (κ1) is 18.1. The van der Waals surface area contributed by atoms with Gasteiger partial charge < -0.3 is 9.15 Å². The molecule has 0 aliphatic rings. The van der Waals surface area contributed by atoms with Gasteiger partial charge in [-0.25, -0.2) is 9.48 Å². The monoisotopic (exact) mass is 438 g/mol. The third kappa shape index (κ3) is 4.01. The van der Waals surface area contributed by atoms with Crippen LogP contribution in [-0.2, 0) is 11.3 Å². The number of aromatic nitrogens is 4. The Balaban J connectivity index is 1.40. The maximum atomic E-state index is 12.3. The van der Waals surface area contributed by atoms with Crippen molar-refractivity contribution >= 4 is 21.9 Å². The Kier molecular flexibility index (Phi) is 5.03. The van der Waals surface area contributed by atoms with Crippen LogP contribution in [0.15, 0.2) is 69.8 Å². The number of benzene rings is 2. The lowest BCUT2D eigenvalue weighted by molar-refractivity contribution is 0.0438. The zero-order valence-corrected chi connectivity index (χ0v) is 16.5. The predicted molar refractivity (Wildman–Crippen MR) is 105 cm³/mol. The zero-order valence-electron chi connectivity index (χ0n) is 14.9. The molecule has 0 spiro atoms. The molecule has 0 radical (unpaired) electrons. The molecule has 0 saturated heterocycles. The molecule has 0 atom stereocenters. The van der Waals surface area contributed by atoms with E-state index in [9.17, 15) is 4.79 Å². The molecule has 0 saturated carbocycles. The molecule has 0 unspecified atom stereocenters. The Morgan fingerprint density at radius 3 is 2.79 bits per heavy atom. The van der Waals surface area contributed by atoms with Gasteiger partial charge in [-0.05, 0) is 37.3 Å². The van der Waals surface area contributed by atoms with E-state index in [1.165, 1.54) is 6.20 Å². The van der Waals surface area contributed by atoms with E-state index < -0.39 is 5.97 Å². The summed E-state index contributed by atoms with van der Waals surface area (Å²) in [5.74, 6) is 0.0909. The first-order valence-electron chi connectivity index (χ1n) is 8.46. The van der Waals surface area contributed by atoms with Crippen LogP contribution in [0.5, 0.6) is 0 Å². The summed E-state index contributed by atoms with van der Waals surface area (Å²) in [6, 6.07) is 15.3. The van der Waals surface area contributed by atoms with Gasteiger partial charge in [0.15, 0.2) is 6.61 Å². The van der Waals surface area contributed by atoms with Crippen molar-refractivity contribution in [2.75, 3.05) is 0 Å². The fraction of sp³-hybridized carbons (Fsp3) is 0.100. The van der Waals surface area contributed by atoms with Crippen molar-refractivity contribution in [1.82, 2.24) is 20.0 Å². The molecule has 0 N–H and O–H groups in total. The lowest BCUT2D eigenvalue weighted by atomic mass is 10.1. The van der Waals surface area contributed by atoms with Crippen molar-refractivity contribution in [3.63, 3.8) is 0 Å². The maximum absolute atomic E-state index is 12.3. The smallest absolute Gasteiger partial charge is 0.341 e. The summed E-state index contributed by atoms with van der Waals surface area (Å²) in [6.07, 6.45) is 3.06. The minimum atomic E-state index is -0.517. The number of carbonyl (C=O) groups excluding carboxylic acids is 1. The number of rotatable bonds is 5. The van der Waals surface area contributed by atoms with Crippen LogP contribution in [0.2, 0.25) is 0 Å². The molecule has 2 aromatic heterocycles. The number of aryl methyl sites for hydroxylation is 1. The Morgan fingerprint density at radius 2 is 2.00 bits per heavy atom. The number of nitrogens with zero attached hydrogens (tertiary/aromatic N) is 4. The standard InChI is InChI=1S/C20H15BrN4O3/c1-13-5-7-14(8-6-13)19-24-23-18(28-19)12-27-20(26)15-10-22-25(11-15)17-4-2-3-16(21)9-17/h2-11H,12H2,1H3. The predicted octanol–water partition coefficient (Wildman–Crippen LogP) is 4.35. The Bertz CT molecular complexity index is 1120. The number of carbonyl (C=O) groups is 1. The number of halogens is 1. The quantitative estimate of drug-likeness (QED) is 0.430. The normalized spacial score (nSPS) is 10.8. The summed E-state index contributed by atoms with van der Waals surface area (Å²) in [6.45, 7) is 1.89. The Labute approximate surface area is 169 Å². The second-order valence-corrected chi connectivity index (χ2v) is 7.01. The highest BCUT2D eigenvalue weighted by atomic mass is 79.9. The van der Waals surface area contributed by atoms with Crippen LogP contribution in [0, 0.1) is 6.92 Å². The van der Waals surface area contributed by atoms with E-state index in [0.29, 0.717) is 11.5 Å². The largest absolute Gasteiger partial charge is 0.452 e. The summed E-state index contributed by atoms with van der Waals surface area (Å²) in [5, 5.41) is 12.1. The summed E-state index contributed by atoms with van der Waals surface area (Å²) >= 11 is 3.41. The first-order valence-corrected chi connectivity index (χ1v) is 9.25. The molecule has 140 valence electrons. The average molecular weight is 439 g/mol. The maximum Gasteiger partial charge on any atom is 0.341 e. The summed E-state index contributed by atoms with van der Waals surface area (Å²) < 4.78 is 13.3. The van der Waals surface area contributed by atoms with Gasteiger partial charge in [0, 0.05) is 16.2 Å². The van der Waals surface area contributed by atoms with E-state index >= 15 is 0 Å². The van der Waals surface area contributed by atoms with Crippen LogP contribution in [0.1, 0.15) is 21.8 Å². The van der Waals surface area contributed by atoms with Crippen LogP contribution in [-0.4, -0.2) is 25.9 Å². The van der Waals surface area contributed by atoms with Gasteiger partial charge in [-0.15, -0.1) is 10.2 Å². The highest BCUT2D eigenvalue weighted by Gasteiger charge is 2.14. The molecular formula is C20H15BrN4O3. The highest BCUT2D eigenvalue weighted by molar-refractivity contribution is 9.10. The molecule has 7 nitrogen and oxygen atoms in total. The van der Waals surface area contributed by atoms with Gasteiger partial charge in [0.25, 0.3) is 5.89 Å². The fourth-order valence-corrected chi connectivity index (χ4v) is 2.91. The highest BCUT2D eigenvalue weighted by Crippen LogP contribution is 2.19. The number of esters is 1. The Hall–Kier alpha value is -3.26. The van der Waals surface area contributed by atoms with Crippen LogP contribution < -0.4 is 0 Å². The molecule has 0 aliphatic carbocycles. The van der Waals surface area contributed by atoms with Gasteiger partial charge >= 0.3 is 5.97 Å². The molecular weight excluding hydrogens is 424 g/mol. The first-order chi connectivity index (χ1) is 13.6. The summed E-state index contributed by atoms with van der Waals surface area (Å²) in [4.78, 5) is 12.3. The lowest BCUT2D eigenvalue weighted by Crippen LogP contribution is -2.04. The van der Waals surface area contributed by atoms with Crippen molar-refractivity contribution in [3.05, 3.63) is 82.4 Å². The third-order valence-electron chi connectivity index (χ3n) is 3.98. The van der Waals surface area contributed by atoms with Crippen molar-refractivity contribution in [1.29, 1.82) is 0 Å². The molecule has 28 heavy (non-hydrogen) atoms. The molecule has 8 heteroatoms. The van der Waals surface area contributed by atoms with Crippen molar-refractivity contribution in [3.8, 4) is 17.1 Å². The third-order valence-corrected chi connectivity index (χ3v) is 4.48. The minimum absolute atomic E-state index is 0.111. The van der Waals surface area contributed by atoms with E-state index in [4.69, 9.17) is 9.15 Å². The molecule has 0 aliphatic heterocycles. The topological polar surface area (TPSA) is 83.0 Å². The van der Waals surface area contributed by atoms with Crippen LogP contribution in [0.25, 0.3) is 17.1 Å². The molecule has 4 rings (SSSR count). The van der Waals surface area contributed by atoms with Crippen molar-refractivity contribution in [2.24, 2.45) is 0 Å². The van der Waals surface area contributed by atoms with E-state index in [1.807, 2.05) is 55.5 Å². The van der Waals surface area contributed by atoms with E-state index in [0.717, 1.165) is 21.3 Å². The second-order valence-electron chi connectivity index (χ2n) is 6.10. The van der Waals surface area contributed by atoms with Crippen molar-refractivity contribution < 1.29 is 13.9 Å². The van der Waals surface area contributed by atoms with E-state index in [2.05, 4.69) is 31.2 Å². The van der Waals surface area contributed by atoms with Gasteiger partial charge in [-0.3, -0.25) is 0 Å². The van der Waals surface area contributed by atoms with Gasteiger partial charge in [-0.1, -0.05) is 39.7 Å². The van der Waals surface area contributed by atoms with Gasteiger partial charge in [0.2, 0.25) is 5.89 Å². The molecule has 4 aromatic rings. The lowest BCUT2D eigenvalue weighted by Gasteiger charge is -2.01. The molecule has 2 aromatic carbocycles. The van der Waals surface area contributed by atoms with Crippen LogP contribution in [0.3, 0.4) is 0 Å². The molecule has 0 fully saturated rings. The van der Waals surface area contributed by atoms with E-state index in [-0.39, 0.29) is 12.5 Å². The SMILES string of the molecule is Cc1ccc(-c2nnc(COC(=O)c3cnn(-c4cccc(Br)c4)c3)o2)cc1. The summed E-state index contributed by atoms with van der Waals surface area (Å²) in [7, 11) is 0. The molecule has 2 heterocycles. The Morgan fingerprint density at radius 1 is 1.18 bits per heavy atom.